The second-order valence-corrected chi connectivity index (χ2v) is 12.0. The van der Waals surface area contributed by atoms with Crippen molar-refractivity contribution in [3.05, 3.63) is 59.2 Å². The van der Waals surface area contributed by atoms with Crippen molar-refractivity contribution in [1.82, 2.24) is 0 Å². The van der Waals surface area contributed by atoms with Crippen LogP contribution in [0, 0.1) is 0 Å². The highest BCUT2D eigenvalue weighted by Crippen LogP contribution is 2.43. The Bertz CT molecular complexity index is 1090. The highest BCUT2D eigenvalue weighted by molar-refractivity contribution is 5.87. The minimum atomic E-state index is -0.309. The van der Waals surface area contributed by atoms with Gasteiger partial charge in [-0.05, 0) is 106 Å². The Balaban J connectivity index is 1.40. The van der Waals surface area contributed by atoms with Crippen LogP contribution >= 0.6 is 0 Å². The number of carbonyl (C=O) groups is 1. The summed E-state index contributed by atoms with van der Waals surface area (Å²) in [7, 11) is 1.63. The molecule has 226 valence electrons. The third kappa shape index (κ3) is 11.4. The van der Waals surface area contributed by atoms with Gasteiger partial charge in [-0.1, -0.05) is 58.1 Å². The molecule has 1 unspecified atom stereocenters. The van der Waals surface area contributed by atoms with Crippen LogP contribution in [0.4, 0.5) is 0 Å². The van der Waals surface area contributed by atoms with E-state index in [2.05, 4.69) is 39.8 Å². The van der Waals surface area contributed by atoms with Gasteiger partial charge in [0.05, 0.1) is 20.3 Å². The van der Waals surface area contributed by atoms with Crippen molar-refractivity contribution in [3.63, 3.8) is 0 Å². The molecule has 0 bridgehead atoms. The van der Waals surface area contributed by atoms with E-state index in [0.717, 1.165) is 61.3 Å². The first-order valence-electron chi connectivity index (χ1n) is 15.8. The van der Waals surface area contributed by atoms with Gasteiger partial charge in [-0.3, -0.25) is 0 Å². The van der Waals surface area contributed by atoms with Crippen LogP contribution in [-0.4, -0.2) is 31.9 Å². The van der Waals surface area contributed by atoms with Crippen molar-refractivity contribution in [2.75, 3.05) is 20.3 Å². The lowest BCUT2D eigenvalue weighted by Crippen LogP contribution is -2.34. The summed E-state index contributed by atoms with van der Waals surface area (Å²) >= 11 is 0. The van der Waals surface area contributed by atoms with Gasteiger partial charge in [-0.15, -0.1) is 0 Å². The van der Waals surface area contributed by atoms with Crippen LogP contribution in [0.15, 0.2) is 42.5 Å². The second-order valence-electron chi connectivity index (χ2n) is 12.0. The Labute approximate surface area is 248 Å². The van der Waals surface area contributed by atoms with E-state index in [0.29, 0.717) is 19.1 Å². The van der Waals surface area contributed by atoms with Crippen molar-refractivity contribution in [3.8, 4) is 17.2 Å². The SMILES string of the molecule is CCCCCCCCc1cc2c(cc1OCCCCCCOC(=O)C=Cc1ccc(OC)cc1)C(C)CC(C)(C)O2. The predicted molar refractivity (Wildman–Crippen MR) is 168 cm³/mol. The van der Waals surface area contributed by atoms with Crippen molar-refractivity contribution >= 4 is 12.0 Å². The van der Waals surface area contributed by atoms with Gasteiger partial charge in [-0.25, -0.2) is 4.79 Å². The first-order chi connectivity index (χ1) is 19.8. The molecule has 0 fully saturated rings. The molecule has 0 radical (unpaired) electrons. The number of esters is 1. The summed E-state index contributed by atoms with van der Waals surface area (Å²) in [5.41, 5.74) is 3.35. The van der Waals surface area contributed by atoms with Crippen LogP contribution in [0.3, 0.4) is 0 Å². The minimum absolute atomic E-state index is 0.132. The lowest BCUT2D eigenvalue weighted by atomic mass is 9.84. The van der Waals surface area contributed by atoms with E-state index in [-0.39, 0.29) is 11.6 Å². The molecular formula is C36H52O5. The summed E-state index contributed by atoms with van der Waals surface area (Å²) < 4.78 is 23.3. The summed E-state index contributed by atoms with van der Waals surface area (Å²) in [6.45, 7) is 10.1. The maximum atomic E-state index is 12.0. The van der Waals surface area contributed by atoms with Gasteiger partial charge in [0.15, 0.2) is 0 Å². The van der Waals surface area contributed by atoms with Gasteiger partial charge in [0.1, 0.15) is 22.8 Å². The molecule has 0 spiro atoms. The van der Waals surface area contributed by atoms with E-state index >= 15 is 0 Å². The Morgan fingerprint density at radius 3 is 2.37 bits per heavy atom. The summed E-state index contributed by atoms with van der Waals surface area (Å²) in [4.78, 5) is 12.0. The molecule has 0 N–H and O–H groups in total. The molecule has 0 saturated carbocycles. The molecule has 1 atom stereocenters. The second kappa shape index (κ2) is 17.1. The van der Waals surface area contributed by atoms with Crippen molar-refractivity contribution < 1.29 is 23.7 Å². The van der Waals surface area contributed by atoms with Crippen LogP contribution in [0.25, 0.3) is 6.08 Å². The Morgan fingerprint density at radius 2 is 1.63 bits per heavy atom. The van der Waals surface area contributed by atoms with Crippen LogP contribution < -0.4 is 14.2 Å². The van der Waals surface area contributed by atoms with Gasteiger partial charge < -0.3 is 18.9 Å². The lowest BCUT2D eigenvalue weighted by molar-refractivity contribution is -0.137. The Kier molecular flexibility index (Phi) is 13.6. The van der Waals surface area contributed by atoms with Gasteiger partial charge in [0.25, 0.3) is 0 Å². The molecule has 2 aromatic rings. The van der Waals surface area contributed by atoms with Crippen molar-refractivity contribution in [2.24, 2.45) is 0 Å². The summed E-state index contributed by atoms with van der Waals surface area (Å²) in [6.07, 6.45) is 16.9. The van der Waals surface area contributed by atoms with Crippen molar-refractivity contribution in [1.29, 1.82) is 0 Å². The first-order valence-corrected chi connectivity index (χ1v) is 15.8. The third-order valence-corrected chi connectivity index (χ3v) is 7.78. The highest BCUT2D eigenvalue weighted by atomic mass is 16.5. The zero-order valence-corrected chi connectivity index (χ0v) is 26.1. The Morgan fingerprint density at radius 1 is 0.951 bits per heavy atom. The molecule has 1 heterocycles. The van der Waals surface area contributed by atoms with Crippen LogP contribution in [-0.2, 0) is 16.0 Å². The fraction of sp³-hybridized carbons (Fsp3) is 0.583. The summed E-state index contributed by atoms with van der Waals surface area (Å²) in [5.74, 6) is 3.00. The first kappa shape index (κ1) is 32.6. The summed E-state index contributed by atoms with van der Waals surface area (Å²) in [5, 5.41) is 0. The molecule has 2 aromatic carbocycles. The quantitative estimate of drug-likeness (QED) is 0.103. The fourth-order valence-electron chi connectivity index (χ4n) is 5.54. The molecule has 5 nitrogen and oxygen atoms in total. The van der Waals surface area contributed by atoms with Gasteiger partial charge in [0.2, 0.25) is 0 Å². The predicted octanol–water partition coefficient (Wildman–Crippen LogP) is 9.46. The number of methoxy groups -OCH3 is 1. The number of aryl methyl sites for hydroxylation is 1. The maximum absolute atomic E-state index is 12.0. The molecular weight excluding hydrogens is 512 g/mol. The molecule has 0 aliphatic carbocycles. The van der Waals surface area contributed by atoms with E-state index in [9.17, 15) is 4.79 Å². The van der Waals surface area contributed by atoms with E-state index in [1.165, 1.54) is 55.7 Å². The Hall–Kier alpha value is -2.95. The topological polar surface area (TPSA) is 54.0 Å². The highest BCUT2D eigenvalue weighted by Gasteiger charge is 2.32. The molecule has 0 aromatic heterocycles. The van der Waals surface area contributed by atoms with Gasteiger partial charge in [-0.2, -0.15) is 0 Å². The zero-order valence-electron chi connectivity index (χ0n) is 26.1. The maximum Gasteiger partial charge on any atom is 0.330 e. The minimum Gasteiger partial charge on any atom is -0.497 e. The fourth-order valence-corrected chi connectivity index (χ4v) is 5.54. The number of hydrogen-bond acceptors (Lipinski definition) is 5. The van der Waals surface area contributed by atoms with E-state index in [1.54, 1.807) is 13.2 Å². The van der Waals surface area contributed by atoms with Crippen LogP contribution in [0.2, 0.25) is 0 Å². The zero-order chi connectivity index (χ0) is 29.5. The number of fused-ring (bicyclic) bond motifs is 1. The van der Waals surface area contributed by atoms with Gasteiger partial charge >= 0.3 is 5.97 Å². The van der Waals surface area contributed by atoms with E-state index < -0.39 is 0 Å². The van der Waals surface area contributed by atoms with Crippen LogP contribution in [0.1, 0.15) is 121 Å². The monoisotopic (exact) mass is 564 g/mol. The molecule has 1 aliphatic heterocycles. The number of ether oxygens (including phenoxy) is 4. The average molecular weight is 565 g/mol. The normalized spacial score (nSPS) is 15.8. The number of hydrogen-bond donors (Lipinski definition) is 0. The third-order valence-electron chi connectivity index (χ3n) is 7.78. The average Bonchev–Trinajstić information content (AvgIpc) is 2.95. The van der Waals surface area contributed by atoms with Crippen LogP contribution in [0.5, 0.6) is 17.2 Å². The van der Waals surface area contributed by atoms with Gasteiger partial charge in [0, 0.05) is 11.6 Å². The smallest absolute Gasteiger partial charge is 0.330 e. The van der Waals surface area contributed by atoms with E-state index in [4.69, 9.17) is 18.9 Å². The summed E-state index contributed by atoms with van der Waals surface area (Å²) in [6, 6.07) is 12.0. The molecule has 0 saturated heterocycles. The van der Waals surface area contributed by atoms with E-state index in [1.807, 2.05) is 24.3 Å². The lowest BCUT2D eigenvalue weighted by Gasteiger charge is -2.37. The standard InChI is InChI=1S/C36H52O5/c1-6-7-8-9-10-13-16-30-25-34-32(28(2)27-36(3,4)41-34)26-33(30)39-23-14-11-12-15-24-40-35(37)22-19-29-17-20-31(38-5)21-18-29/h17-22,25-26,28H,6-16,23-24,27H2,1-5H3. The number of carbonyl (C=O) groups excluding carboxylic acids is 1. The molecule has 0 amide bonds. The number of unbranched alkanes of at least 4 members (excludes halogenated alkanes) is 8. The number of rotatable bonds is 18. The number of benzene rings is 2. The largest absolute Gasteiger partial charge is 0.497 e. The molecule has 1 aliphatic rings. The van der Waals surface area contributed by atoms with Crippen molar-refractivity contribution in [2.45, 2.75) is 116 Å². The molecule has 41 heavy (non-hydrogen) atoms. The molecule has 5 heteroatoms. The molecule has 3 rings (SSSR count).